The Bertz CT molecular complexity index is 475. The summed E-state index contributed by atoms with van der Waals surface area (Å²) < 4.78 is 6.75. The van der Waals surface area contributed by atoms with Crippen molar-refractivity contribution in [3.05, 3.63) is 27.7 Å². The summed E-state index contributed by atoms with van der Waals surface area (Å²) in [5.74, 6) is 1.15. The third kappa shape index (κ3) is 3.70. The maximum atomic E-state index is 11.4. The van der Waals surface area contributed by atoms with E-state index in [2.05, 4.69) is 33.4 Å². The molecule has 0 saturated carbocycles. The van der Waals surface area contributed by atoms with E-state index in [1.165, 1.54) is 5.56 Å². The van der Waals surface area contributed by atoms with Crippen molar-refractivity contribution in [2.75, 3.05) is 27.2 Å². The molecule has 0 atom stereocenters. The van der Waals surface area contributed by atoms with Gasteiger partial charge in [-0.2, -0.15) is 0 Å². The van der Waals surface area contributed by atoms with Crippen molar-refractivity contribution >= 4 is 21.8 Å². The largest absolute Gasteiger partial charge is 0.493 e. The van der Waals surface area contributed by atoms with E-state index < -0.39 is 0 Å². The molecule has 0 aliphatic carbocycles. The molecule has 1 aliphatic rings. The van der Waals surface area contributed by atoms with Crippen LogP contribution in [0.2, 0.25) is 0 Å². The number of benzene rings is 1. The topological polar surface area (TPSA) is 41.6 Å². The van der Waals surface area contributed by atoms with E-state index in [1.54, 1.807) is 19.0 Å². The zero-order chi connectivity index (χ0) is 13.8. The number of ether oxygens (including phenoxy) is 1. The van der Waals surface area contributed by atoms with Crippen molar-refractivity contribution in [3.8, 4) is 5.75 Å². The van der Waals surface area contributed by atoms with Crippen molar-refractivity contribution < 1.29 is 9.53 Å². The molecule has 2 rings (SSSR count). The lowest BCUT2D eigenvalue weighted by Crippen LogP contribution is -2.26. The molecule has 1 aromatic rings. The van der Waals surface area contributed by atoms with Gasteiger partial charge in [0.2, 0.25) is 5.91 Å². The number of nitrogens with zero attached hydrogens (tertiary/aromatic N) is 1. The maximum absolute atomic E-state index is 11.4. The number of hydrogen-bond donors (Lipinski definition) is 1. The molecule has 0 spiro atoms. The molecular weight excluding hydrogens is 308 g/mol. The van der Waals surface area contributed by atoms with Gasteiger partial charge >= 0.3 is 0 Å². The van der Waals surface area contributed by atoms with E-state index in [0.29, 0.717) is 13.0 Å². The molecule has 0 fully saturated rings. The summed E-state index contributed by atoms with van der Waals surface area (Å²) >= 11 is 3.52. The van der Waals surface area contributed by atoms with Crippen LogP contribution in [0, 0.1) is 0 Å². The van der Waals surface area contributed by atoms with Crippen LogP contribution in [0.25, 0.3) is 0 Å². The average molecular weight is 327 g/mol. The van der Waals surface area contributed by atoms with Gasteiger partial charge in [-0.1, -0.05) is 15.9 Å². The van der Waals surface area contributed by atoms with Crippen LogP contribution in [0.4, 0.5) is 0 Å². The van der Waals surface area contributed by atoms with E-state index in [4.69, 9.17) is 4.74 Å². The molecule has 0 aromatic heterocycles. The van der Waals surface area contributed by atoms with E-state index in [1.807, 2.05) is 0 Å². The predicted molar refractivity (Wildman–Crippen MR) is 78.4 cm³/mol. The van der Waals surface area contributed by atoms with Gasteiger partial charge in [-0.3, -0.25) is 4.79 Å². The second kappa shape index (κ2) is 6.39. The first-order chi connectivity index (χ1) is 9.08. The van der Waals surface area contributed by atoms with Gasteiger partial charge in [-0.15, -0.1) is 0 Å². The van der Waals surface area contributed by atoms with Gasteiger partial charge in [0, 0.05) is 50.1 Å². The van der Waals surface area contributed by atoms with Crippen molar-refractivity contribution in [1.29, 1.82) is 0 Å². The highest BCUT2D eigenvalue weighted by atomic mass is 79.9. The number of fused-ring (bicyclic) bond motifs is 1. The molecule has 1 amide bonds. The normalized spacial score (nSPS) is 13.0. The van der Waals surface area contributed by atoms with Crippen LogP contribution < -0.4 is 10.1 Å². The SMILES string of the molecule is CN(C)C(=O)CCNCc1cc(Br)cc2c1OCC2. The molecule has 1 N–H and O–H groups in total. The van der Waals surface area contributed by atoms with E-state index in [0.717, 1.165) is 35.4 Å². The Kier molecular flexibility index (Phi) is 4.82. The van der Waals surface area contributed by atoms with Gasteiger partial charge in [-0.05, 0) is 17.7 Å². The van der Waals surface area contributed by atoms with Crippen LogP contribution in [-0.2, 0) is 17.8 Å². The zero-order valence-corrected chi connectivity index (χ0v) is 12.9. The van der Waals surface area contributed by atoms with Crippen molar-refractivity contribution in [2.45, 2.75) is 19.4 Å². The molecule has 0 unspecified atom stereocenters. The van der Waals surface area contributed by atoms with Crippen LogP contribution in [0.3, 0.4) is 0 Å². The summed E-state index contributed by atoms with van der Waals surface area (Å²) in [5, 5.41) is 3.30. The first kappa shape index (κ1) is 14.3. The van der Waals surface area contributed by atoms with Gasteiger partial charge in [0.25, 0.3) is 0 Å². The Morgan fingerprint density at radius 2 is 2.26 bits per heavy atom. The van der Waals surface area contributed by atoms with Crippen molar-refractivity contribution in [2.24, 2.45) is 0 Å². The fraction of sp³-hybridized carbons (Fsp3) is 0.500. The quantitative estimate of drug-likeness (QED) is 0.841. The lowest BCUT2D eigenvalue weighted by atomic mass is 10.1. The zero-order valence-electron chi connectivity index (χ0n) is 11.3. The molecule has 1 aliphatic heterocycles. The van der Waals surface area contributed by atoms with Crippen LogP contribution in [0.1, 0.15) is 17.5 Å². The molecule has 0 radical (unpaired) electrons. The molecule has 0 saturated heterocycles. The Balaban J connectivity index is 1.88. The number of carbonyl (C=O) groups excluding carboxylic acids is 1. The van der Waals surface area contributed by atoms with E-state index in [9.17, 15) is 4.79 Å². The first-order valence-electron chi connectivity index (χ1n) is 6.43. The van der Waals surface area contributed by atoms with E-state index >= 15 is 0 Å². The first-order valence-corrected chi connectivity index (χ1v) is 7.22. The summed E-state index contributed by atoms with van der Waals surface area (Å²) in [5.41, 5.74) is 2.41. The van der Waals surface area contributed by atoms with Crippen LogP contribution >= 0.6 is 15.9 Å². The third-order valence-corrected chi connectivity index (χ3v) is 3.61. The predicted octanol–water partition coefficient (Wildman–Crippen LogP) is 1.95. The third-order valence-electron chi connectivity index (χ3n) is 3.16. The summed E-state index contributed by atoms with van der Waals surface area (Å²) in [6.45, 7) is 2.17. The summed E-state index contributed by atoms with van der Waals surface area (Å²) in [6, 6.07) is 4.19. The van der Waals surface area contributed by atoms with Crippen LogP contribution in [0.15, 0.2) is 16.6 Å². The fourth-order valence-corrected chi connectivity index (χ4v) is 2.67. The fourth-order valence-electron chi connectivity index (χ4n) is 2.12. The molecule has 104 valence electrons. The summed E-state index contributed by atoms with van der Waals surface area (Å²) in [4.78, 5) is 13.1. The Morgan fingerprint density at radius 3 is 3.00 bits per heavy atom. The number of carbonyl (C=O) groups is 1. The second-order valence-corrected chi connectivity index (χ2v) is 5.78. The minimum atomic E-state index is 0.142. The molecule has 4 nitrogen and oxygen atoms in total. The van der Waals surface area contributed by atoms with Crippen LogP contribution in [-0.4, -0.2) is 38.1 Å². The van der Waals surface area contributed by atoms with E-state index in [-0.39, 0.29) is 5.91 Å². The number of rotatable bonds is 5. The highest BCUT2D eigenvalue weighted by molar-refractivity contribution is 9.10. The van der Waals surface area contributed by atoms with Gasteiger partial charge in [0.1, 0.15) is 5.75 Å². The standard InChI is InChI=1S/C14H19BrN2O2/c1-17(2)13(18)3-5-16-9-11-8-12(15)7-10-4-6-19-14(10)11/h7-8,16H,3-6,9H2,1-2H3. The highest BCUT2D eigenvalue weighted by Crippen LogP contribution is 2.32. The smallest absolute Gasteiger partial charge is 0.223 e. The molecule has 19 heavy (non-hydrogen) atoms. The maximum Gasteiger partial charge on any atom is 0.223 e. The Morgan fingerprint density at radius 1 is 1.47 bits per heavy atom. The van der Waals surface area contributed by atoms with Gasteiger partial charge in [0.15, 0.2) is 0 Å². The van der Waals surface area contributed by atoms with Gasteiger partial charge in [-0.25, -0.2) is 0 Å². The lowest BCUT2D eigenvalue weighted by Gasteiger charge is -2.12. The molecular formula is C14H19BrN2O2. The van der Waals surface area contributed by atoms with Gasteiger partial charge < -0.3 is 15.0 Å². The van der Waals surface area contributed by atoms with Crippen LogP contribution in [0.5, 0.6) is 5.75 Å². The molecule has 1 aromatic carbocycles. The van der Waals surface area contributed by atoms with Crippen molar-refractivity contribution in [3.63, 3.8) is 0 Å². The summed E-state index contributed by atoms with van der Waals surface area (Å²) in [6.07, 6.45) is 1.49. The number of hydrogen-bond acceptors (Lipinski definition) is 3. The average Bonchev–Trinajstić information content (AvgIpc) is 2.81. The number of nitrogens with one attached hydrogen (secondary N) is 1. The molecule has 0 bridgehead atoms. The second-order valence-electron chi connectivity index (χ2n) is 4.87. The molecule has 1 heterocycles. The summed E-state index contributed by atoms with van der Waals surface area (Å²) in [7, 11) is 3.55. The lowest BCUT2D eigenvalue weighted by molar-refractivity contribution is -0.128. The molecule has 5 heteroatoms. The minimum Gasteiger partial charge on any atom is -0.493 e. The number of halogens is 1. The van der Waals surface area contributed by atoms with Crippen molar-refractivity contribution in [1.82, 2.24) is 10.2 Å². The minimum absolute atomic E-state index is 0.142. The van der Waals surface area contributed by atoms with Gasteiger partial charge in [0.05, 0.1) is 6.61 Å². The Hall–Kier alpha value is -1.07. The monoisotopic (exact) mass is 326 g/mol. The Labute approximate surface area is 122 Å². The highest BCUT2D eigenvalue weighted by Gasteiger charge is 2.17. The number of amides is 1.